The van der Waals surface area contributed by atoms with Gasteiger partial charge in [-0.05, 0) is 50.5 Å². The Morgan fingerprint density at radius 1 is 0.531 bits per heavy atom. The van der Waals surface area contributed by atoms with E-state index in [4.69, 9.17) is 11.5 Å². The third-order valence-corrected chi connectivity index (χ3v) is 9.87. The fourth-order valence-corrected chi connectivity index (χ4v) is 6.22. The van der Waals surface area contributed by atoms with Crippen molar-refractivity contribution in [2.75, 3.05) is 13.2 Å². The van der Waals surface area contributed by atoms with Gasteiger partial charge in [-0.2, -0.15) is 0 Å². The smallest absolute Gasteiger partial charge is 0.305 e. The Balaban J connectivity index is 4.03. The second kappa shape index (κ2) is 27.6. The molecular weight excluding hydrogens is 852 g/mol. The summed E-state index contributed by atoms with van der Waals surface area (Å²) in [7, 11) is 0. The minimum atomic E-state index is -2.06. The van der Waals surface area contributed by atoms with Gasteiger partial charge >= 0.3 is 17.9 Å². The molecule has 1 aliphatic rings. The van der Waals surface area contributed by atoms with Crippen molar-refractivity contribution in [3.05, 3.63) is 0 Å². The Bertz CT molecular complexity index is 1730. The van der Waals surface area contributed by atoms with Crippen LogP contribution in [-0.4, -0.2) is 153 Å². The maximum Gasteiger partial charge on any atom is 0.305 e. The molecule has 1 aliphatic heterocycles. The van der Waals surface area contributed by atoms with E-state index in [1.54, 1.807) is 27.7 Å². The molecule has 9 atom stereocenters. The topological polar surface area (TPSA) is 434 Å². The van der Waals surface area contributed by atoms with Crippen LogP contribution in [0.1, 0.15) is 91.9 Å². The lowest BCUT2D eigenvalue weighted by Gasteiger charge is -2.30. The van der Waals surface area contributed by atoms with Crippen molar-refractivity contribution in [2.24, 2.45) is 23.3 Å². The number of primary amides is 1. The lowest BCUT2D eigenvalue weighted by atomic mass is 9.96. The van der Waals surface area contributed by atoms with Crippen molar-refractivity contribution in [2.45, 2.75) is 140 Å². The highest BCUT2D eigenvalue weighted by Crippen LogP contribution is 2.13. The van der Waals surface area contributed by atoms with Gasteiger partial charge in [0.05, 0.1) is 25.9 Å². The normalized spacial score (nSPS) is 25.4. The number of aliphatic hydroxyl groups is 1. The molecule has 9 amide bonds. The molecule has 64 heavy (non-hydrogen) atoms. The largest absolute Gasteiger partial charge is 0.481 e. The number of carbonyl (C=O) groups excluding carboxylic acids is 9. The lowest BCUT2D eigenvalue weighted by Crippen LogP contribution is -2.62. The van der Waals surface area contributed by atoms with Crippen LogP contribution in [0.25, 0.3) is 0 Å². The van der Waals surface area contributed by atoms with E-state index in [-0.39, 0.29) is 38.1 Å². The van der Waals surface area contributed by atoms with E-state index >= 15 is 0 Å². The minimum Gasteiger partial charge on any atom is -0.481 e. The van der Waals surface area contributed by atoms with Gasteiger partial charge in [0.1, 0.15) is 48.3 Å². The lowest BCUT2D eigenvalue weighted by molar-refractivity contribution is -0.143. The number of carboxylic acids is 3. The number of unbranched alkanes of at least 4 members (excludes halogenated alkanes) is 1. The molecular formula is C38H62N10O16. The Morgan fingerprint density at radius 3 is 1.36 bits per heavy atom. The Kier molecular flexibility index (Phi) is 24.0. The third kappa shape index (κ3) is 19.7. The van der Waals surface area contributed by atoms with Gasteiger partial charge in [-0.3, -0.25) is 57.5 Å². The average Bonchev–Trinajstić information content (AvgIpc) is 3.20. The molecule has 16 N–H and O–H groups in total. The average molecular weight is 915 g/mol. The van der Waals surface area contributed by atoms with Crippen molar-refractivity contribution < 1.29 is 78.0 Å². The quantitative estimate of drug-likeness (QED) is 0.0572. The number of aliphatic carboxylic acids is 3. The van der Waals surface area contributed by atoms with Crippen LogP contribution in [0.2, 0.25) is 0 Å². The molecule has 0 aromatic rings. The minimum absolute atomic E-state index is 0.0392. The second-order valence-corrected chi connectivity index (χ2v) is 15.7. The molecule has 1 heterocycles. The highest BCUT2D eigenvalue weighted by Gasteiger charge is 2.38. The van der Waals surface area contributed by atoms with Crippen molar-refractivity contribution >= 4 is 71.1 Å². The standard InChI is InChI=1S/C38H62N10O16/c1-5-18(4)30-38(64)46-24(15-29(55)56)35(61)44-22(13-26(40)50)34(60)42-20(9-10-27(51)52)31(57)45-23(14-28(53)54)36(62)47-25(16-49)37(63)43-21(12-17(2)3)33(59)41-19(32(58)48-30)8-6-7-11-39/h17-25,30,49H,5-16,39H2,1-4H3,(H2,40,50)(H,41,59)(H,42,60)(H,43,63)(H,44,61)(H,45,57)(H,46,64)(H,47,62)(H,48,58)(H,51,52)(H,53,54)(H,55,56)/t18-,19-,20-,21-,22-,23-,24-,25-,30-/m0/s1. The fourth-order valence-electron chi connectivity index (χ4n) is 6.22. The van der Waals surface area contributed by atoms with Gasteiger partial charge in [0, 0.05) is 6.42 Å². The van der Waals surface area contributed by atoms with Crippen LogP contribution in [-0.2, 0) is 57.5 Å². The van der Waals surface area contributed by atoms with E-state index in [1.165, 1.54) is 0 Å². The first kappa shape index (κ1) is 55.6. The SMILES string of the molecule is CC[C@H](C)[C@@H]1NC(=O)[C@H](CCCCN)NC(=O)[C@H](CC(C)C)NC(=O)[C@H](CO)NC(=O)[C@H](CC(=O)O)NC(=O)[C@H](CCC(=O)O)NC(=O)[C@H](CC(N)=O)NC(=O)[C@H](CC(=O)O)NC1=O. The summed E-state index contributed by atoms with van der Waals surface area (Å²) in [6.07, 6.45) is -4.04. The van der Waals surface area contributed by atoms with Gasteiger partial charge in [-0.25, -0.2) is 0 Å². The van der Waals surface area contributed by atoms with Crippen molar-refractivity contribution in [3.63, 3.8) is 0 Å². The molecule has 0 aromatic carbocycles. The number of carbonyl (C=O) groups is 12. The first-order valence-electron chi connectivity index (χ1n) is 20.6. The predicted molar refractivity (Wildman–Crippen MR) is 220 cm³/mol. The monoisotopic (exact) mass is 914 g/mol. The van der Waals surface area contributed by atoms with Crippen molar-refractivity contribution in [3.8, 4) is 0 Å². The van der Waals surface area contributed by atoms with Gasteiger partial charge in [0.15, 0.2) is 0 Å². The van der Waals surface area contributed by atoms with Crippen LogP contribution in [0.15, 0.2) is 0 Å². The first-order valence-corrected chi connectivity index (χ1v) is 20.6. The zero-order valence-corrected chi connectivity index (χ0v) is 36.1. The summed E-state index contributed by atoms with van der Waals surface area (Å²) in [6.45, 7) is 5.67. The summed E-state index contributed by atoms with van der Waals surface area (Å²) in [4.78, 5) is 157. The summed E-state index contributed by atoms with van der Waals surface area (Å²) in [5.74, 6) is -16.6. The number of amides is 9. The van der Waals surface area contributed by atoms with Crippen LogP contribution >= 0.6 is 0 Å². The molecule has 0 saturated carbocycles. The Labute approximate surface area is 367 Å². The molecule has 26 nitrogen and oxygen atoms in total. The zero-order chi connectivity index (χ0) is 48.8. The fraction of sp³-hybridized carbons (Fsp3) is 0.684. The molecule has 0 aliphatic carbocycles. The van der Waals surface area contributed by atoms with E-state index in [0.717, 1.165) is 0 Å². The number of nitrogens with two attached hydrogens (primary N) is 2. The van der Waals surface area contributed by atoms with Crippen LogP contribution in [0.4, 0.5) is 0 Å². The molecule has 1 saturated heterocycles. The first-order chi connectivity index (χ1) is 29.9. The van der Waals surface area contributed by atoms with Gasteiger partial charge in [0.2, 0.25) is 53.2 Å². The van der Waals surface area contributed by atoms with E-state index in [0.29, 0.717) is 6.42 Å². The maximum absolute atomic E-state index is 13.9. The van der Waals surface area contributed by atoms with Crippen molar-refractivity contribution in [1.82, 2.24) is 42.5 Å². The van der Waals surface area contributed by atoms with Gasteiger partial charge in [-0.15, -0.1) is 0 Å². The van der Waals surface area contributed by atoms with Crippen molar-refractivity contribution in [1.29, 1.82) is 0 Å². The maximum atomic E-state index is 13.9. The molecule has 1 fully saturated rings. The number of hydrogen-bond donors (Lipinski definition) is 14. The molecule has 0 spiro atoms. The van der Waals surface area contributed by atoms with Gasteiger partial charge in [-0.1, -0.05) is 34.1 Å². The Morgan fingerprint density at radius 2 is 0.922 bits per heavy atom. The van der Waals surface area contributed by atoms with Crippen LogP contribution in [0.5, 0.6) is 0 Å². The molecule has 0 unspecified atom stereocenters. The molecule has 1 rings (SSSR count). The zero-order valence-electron chi connectivity index (χ0n) is 36.1. The summed E-state index contributed by atoms with van der Waals surface area (Å²) in [6, 6.07) is -14.2. The molecule has 0 aromatic heterocycles. The summed E-state index contributed by atoms with van der Waals surface area (Å²) >= 11 is 0. The molecule has 0 radical (unpaired) electrons. The summed E-state index contributed by atoms with van der Waals surface area (Å²) in [5.41, 5.74) is 11.0. The second-order valence-electron chi connectivity index (χ2n) is 15.7. The number of aliphatic hydroxyl groups excluding tert-OH is 1. The molecule has 360 valence electrons. The number of hydrogen-bond acceptors (Lipinski definition) is 14. The predicted octanol–water partition coefficient (Wildman–Crippen LogP) is -5.22. The van der Waals surface area contributed by atoms with E-state index in [9.17, 15) is 78.0 Å². The summed E-state index contributed by atoms with van der Waals surface area (Å²) < 4.78 is 0. The van der Waals surface area contributed by atoms with Crippen LogP contribution in [0.3, 0.4) is 0 Å². The number of rotatable bonds is 18. The van der Waals surface area contributed by atoms with Gasteiger partial charge < -0.3 is 74.4 Å². The van der Waals surface area contributed by atoms with E-state index in [2.05, 4.69) is 37.2 Å². The number of nitrogens with one attached hydrogen (secondary N) is 8. The van der Waals surface area contributed by atoms with Crippen LogP contribution in [0, 0.1) is 11.8 Å². The summed E-state index contributed by atoms with van der Waals surface area (Å²) in [5, 5.41) is 56.7. The Hall–Kier alpha value is -6.44. The van der Waals surface area contributed by atoms with Gasteiger partial charge in [0.25, 0.3) is 0 Å². The van der Waals surface area contributed by atoms with Crippen LogP contribution < -0.4 is 54.0 Å². The molecule has 26 heteroatoms. The van der Waals surface area contributed by atoms with E-state index in [1.807, 2.05) is 5.32 Å². The molecule has 0 bridgehead atoms. The van der Waals surface area contributed by atoms with E-state index < -0.39 is 164 Å². The number of carboxylic acid groups (broad SMARTS) is 3. The third-order valence-electron chi connectivity index (χ3n) is 9.87. The highest BCUT2D eigenvalue weighted by atomic mass is 16.4. The highest BCUT2D eigenvalue weighted by molar-refractivity contribution is 6.00.